The molecule has 0 saturated carbocycles. The van der Waals surface area contributed by atoms with E-state index in [4.69, 9.17) is 5.73 Å². The first kappa shape index (κ1) is 14.7. The zero-order chi connectivity index (χ0) is 13.7. The van der Waals surface area contributed by atoms with Gasteiger partial charge in [-0.2, -0.15) is 0 Å². The van der Waals surface area contributed by atoms with Crippen molar-refractivity contribution in [2.45, 2.75) is 39.7 Å². The Hall–Kier alpha value is -1.35. The number of rotatable bonds is 5. The number of amides is 1. The van der Waals surface area contributed by atoms with Crippen LogP contribution in [0.15, 0.2) is 24.3 Å². The SMILES string of the molecule is CC(C)c1ccc(C(NC(=O)CN)C(C)C)cc1. The molecule has 0 bridgehead atoms. The predicted octanol–water partition coefficient (Wildman–Crippen LogP) is 2.58. The molecule has 0 radical (unpaired) electrons. The molecular formula is C15H24N2O. The van der Waals surface area contributed by atoms with E-state index in [-0.39, 0.29) is 18.5 Å². The first-order chi connectivity index (χ1) is 8.45. The summed E-state index contributed by atoms with van der Waals surface area (Å²) in [6, 6.07) is 8.48. The number of benzene rings is 1. The maximum Gasteiger partial charge on any atom is 0.234 e. The van der Waals surface area contributed by atoms with Crippen LogP contribution in [-0.2, 0) is 4.79 Å². The first-order valence-electron chi connectivity index (χ1n) is 6.55. The van der Waals surface area contributed by atoms with Crippen molar-refractivity contribution in [1.82, 2.24) is 5.32 Å². The van der Waals surface area contributed by atoms with E-state index in [1.54, 1.807) is 0 Å². The Kier molecular flexibility index (Phi) is 5.35. The summed E-state index contributed by atoms with van der Waals surface area (Å²) < 4.78 is 0. The molecule has 3 nitrogen and oxygen atoms in total. The van der Waals surface area contributed by atoms with Gasteiger partial charge in [0, 0.05) is 0 Å². The van der Waals surface area contributed by atoms with Crippen LogP contribution < -0.4 is 11.1 Å². The second-order valence-electron chi connectivity index (χ2n) is 5.31. The van der Waals surface area contributed by atoms with Gasteiger partial charge in [0.25, 0.3) is 0 Å². The quantitative estimate of drug-likeness (QED) is 0.841. The lowest BCUT2D eigenvalue weighted by Gasteiger charge is -2.23. The van der Waals surface area contributed by atoms with Crippen molar-refractivity contribution in [1.29, 1.82) is 0 Å². The summed E-state index contributed by atoms with van der Waals surface area (Å²) in [7, 11) is 0. The van der Waals surface area contributed by atoms with Crippen LogP contribution in [0.2, 0.25) is 0 Å². The summed E-state index contributed by atoms with van der Waals surface area (Å²) >= 11 is 0. The van der Waals surface area contributed by atoms with Gasteiger partial charge in [-0.1, -0.05) is 52.0 Å². The van der Waals surface area contributed by atoms with E-state index in [0.29, 0.717) is 11.8 Å². The molecule has 0 aliphatic heterocycles. The zero-order valence-corrected chi connectivity index (χ0v) is 11.7. The molecule has 3 N–H and O–H groups in total. The summed E-state index contributed by atoms with van der Waals surface area (Å²) in [4.78, 5) is 11.4. The van der Waals surface area contributed by atoms with E-state index >= 15 is 0 Å². The molecule has 0 aliphatic carbocycles. The Labute approximate surface area is 110 Å². The van der Waals surface area contributed by atoms with Crippen molar-refractivity contribution in [3.8, 4) is 0 Å². The van der Waals surface area contributed by atoms with Crippen molar-refractivity contribution in [3.63, 3.8) is 0 Å². The average Bonchev–Trinajstić information content (AvgIpc) is 2.35. The van der Waals surface area contributed by atoms with E-state index < -0.39 is 0 Å². The second-order valence-corrected chi connectivity index (χ2v) is 5.31. The van der Waals surface area contributed by atoms with Crippen LogP contribution in [0.3, 0.4) is 0 Å². The number of nitrogens with one attached hydrogen (secondary N) is 1. The highest BCUT2D eigenvalue weighted by Gasteiger charge is 2.17. The third-order valence-electron chi connectivity index (χ3n) is 3.13. The molecule has 100 valence electrons. The van der Waals surface area contributed by atoms with Gasteiger partial charge in [0.05, 0.1) is 12.6 Å². The first-order valence-corrected chi connectivity index (χ1v) is 6.55. The summed E-state index contributed by atoms with van der Waals surface area (Å²) in [6.07, 6.45) is 0. The second kappa shape index (κ2) is 6.55. The fraction of sp³-hybridized carbons (Fsp3) is 0.533. The molecule has 1 aromatic rings. The highest BCUT2D eigenvalue weighted by atomic mass is 16.1. The lowest BCUT2D eigenvalue weighted by molar-refractivity contribution is -0.120. The molecule has 1 atom stereocenters. The van der Waals surface area contributed by atoms with Crippen LogP contribution in [0.5, 0.6) is 0 Å². The van der Waals surface area contributed by atoms with Gasteiger partial charge >= 0.3 is 0 Å². The Bertz CT molecular complexity index is 382. The van der Waals surface area contributed by atoms with Gasteiger partial charge in [-0.15, -0.1) is 0 Å². The largest absolute Gasteiger partial charge is 0.348 e. The topological polar surface area (TPSA) is 55.1 Å². The van der Waals surface area contributed by atoms with E-state index in [1.807, 2.05) is 0 Å². The van der Waals surface area contributed by atoms with E-state index in [9.17, 15) is 4.79 Å². The Morgan fingerprint density at radius 3 is 2.00 bits per heavy atom. The van der Waals surface area contributed by atoms with Crippen molar-refractivity contribution in [3.05, 3.63) is 35.4 Å². The highest BCUT2D eigenvalue weighted by molar-refractivity contribution is 5.78. The molecular weight excluding hydrogens is 224 g/mol. The predicted molar refractivity (Wildman–Crippen MR) is 75.3 cm³/mol. The molecule has 1 unspecified atom stereocenters. The summed E-state index contributed by atoms with van der Waals surface area (Å²) in [5, 5.41) is 2.97. The maximum absolute atomic E-state index is 11.4. The Balaban J connectivity index is 2.89. The van der Waals surface area contributed by atoms with Gasteiger partial charge in [0.15, 0.2) is 0 Å². The van der Waals surface area contributed by atoms with Crippen LogP contribution in [0.1, 0.15) is 50.8 Å². The number of carbonyl (C=O) groups is 1. The van der Waals surface area contributed by atoms with E-state index in [2.05, 4.69) is 57.3 Å². The van der Waals surface area contributed by atoms with Crippen LogP contribution in [0.25, 0.3) is 0 Å². The number of hydrogen-bond acceptors (Lipinski definition) is 2. The van der Waals surface area contributed by atoms with Crippen molar-refractivity contribution < 1.29 is 4.79 Å². The van der Waals surface area contributed by atoms with Crippen LogP contribution in [0.4, 0.5) is 0 Å². The van der Waals surface area contributed by atoms with Gasteiger partial charge < -0.3 is 11.1 Å². The van der Waals surface area contributed by atoms with Gasteiger partial charge in [-0.3, -0.25) is 4.79 Å². The number of hydrogen-bond donors (Lipinski definition) is 2. The lowest BCUT2D eigenvalue weighted by atomic mass is 9.93. The standard InChI is InChI=1S/C15H24N2O/c1-10(2)12-5-7-13(8-6-12)15(11(3)4)17-14(18)9-16/h5-8,10-11,15H,9,16H2,1-4H3,(H,17,18). The zero-order valence-electron chi connectivity index (χ0n) is 11.7. The highest BCUT2D eigenvalue weighted by Crippen LogP contribution is 2.23. The van der Waals surface area contributed by atoms with Crippen molar-refractivity contribution in [2.75, 3.05) is 6.54 Å². The van der Waals surface area contributed by atoms with Crippen LogP contribution in [0, 0.1) is 5.92 Å². The average molecular weight is 248 g/mol. The molecule has 0 heterocycles. The van der Waals surface area contributed by atoms with Gasteiger partial charge in [0.2, 0.25) is 5.91 Å². The van der Waals surface area contributed by atoms with Crippen molar-refractivity contribution in [2.24, 2.45) is 11.7 Å². The fourth-order valence-corrected chi connectivity index (χ4v) is 1.96. The minimum absolute atomic E-state index is 0.0299. The molecule has 1 aromatic carbocycles. The van der Waals surface area contributed by atoms with Crippen molar-refractivity contribution >= 4 is 5.91 Å². The van der Waals surface area contributed by atoms with Gasteiger partial charge in [-0.05, 0) is 23.0 Å². The third kappa shape index (κ3) is 3.84. The lowest BCUT2D eigenvalue weighted by Crippen LogP contribution is -2.36. The minimum Gasteiger partial charge on any atom is -0.348 e. The monoisotopic (exact) mass is 248 g/mol. The molecule has 18 heavy (non-hydrogen) atoms. The summed E-state index contributed by atoms with van der Waals surface area (Å²) in [5.74, 6) is 0.752. The normalized spacial score (nSPS) is 12.8. The molecule has 0 saturated heterocycles. The van der Waals surface area contributed by atoms with Crippen LogP contribution >= 0.6 is 0 Å². The number of nitrogens with two attached hydrogens (primary N) is 1. The molecule has 0 fully saturated rings. The van der Waals surface area contributed by atoms with Crippen LogP contribution in [-0.4, -0.2) is 12.5 Å². The molecule has 0 aromatic heterocycles. The summed E-state index contributed by atoms with van der Waals surface area (Å²) in [5.41, 5.74) is 7.80. The summed E-state index contributed by atoms with van der Waals surface area (Å²) in [6.45, 7) is 8.57. The van der Waals surface area contributed by atoms with Gasteiger partial charge in [0.1, 0.15) is 0 Å². The molecule has 1 rings (SSSR count). The molecule has 3 heteroatoms. The van der Waals surface area contributed by atoms with E-state index in [1.165, 1.54) is 5.56 Å². The minimum atomic E-state index is -0.110. The third-order valence-corrected chi connectivity index (χ3v) is 3.13. The number of carbonyl (C=O) groups excluding carboxylic acids is 1. The smallest absolute Gasteiger partial charge is 0.234 e. The van der Waals surface area contributed by atoms with E-state index in [0.717, 1.165) is 5.56 Å². The Morgan fingerprint density at radius 2 is 1.61 bits per heavy atom. The molecule has 0 aliphatic rings. The Morgan fingerprint density at radius 1 is 1.11 bits per heavy atom. The van der Waals surface area contributed by atoms with Gasteiger partial charge in [-0.25, -0.2) is 0 Å². The molecule has 1 amide bonds. The molecule has 0 spiro atoms. The maximum atomic E-state index is 11.4. The fourth-order valence-electron chi connectivity index (χ4n) is 1.96.